The van der Waals surface area contributed by atoms with E-state index in [2.05, 4.69) is 40.3 Å². The molecule has 0 aliphatic heterocycles. The van der Waals surface area contributed by atoms with E-state index in [9.17, 15) is 5.11 Å². The van der Waals surface area contributed by atoms with Crippen LogP contribution >= 0.6 is 0 Å². The van der Waals surface area contributed by atoms with Gasteiger partial charge in [0.15, 0.2) is 0 Å². The lowest BCUT2D eigenvalue weighted by Gasteiger charge is -2.49. The number of aliphatic hydroxyl groups excluding tert-OH is 1. The molecule has 1 heteroatoms. The summed E-state index contributed by atoms with van der Waals surface area (Å²) < 4.78 is 0. The fraction of sp³-hybridized carbons (Fsp3) is 0.739. The van der Waals surface area contributed by atoms with Crippen LogP contribution in [0.1, 0.15) is 72.6 Å². The van der Waals surface area contributed by atoms with E-state index in [0.29, 0.717) is 5.41 Å². The number of hydrogen-bond acceptors (Lipinski definition) is 1. The van der Waals surface area contributed by atoms with Crippen molar-refractivity contribution in [2.75, 3.05) is 6.61 Å². The molecule has 0 radical (unpaired) electrons. The van der Waals surface area contributed by atoms with E-state index in [1.807, 2.05) is 0 Å². The zero-order valence-electron chi connectivity index (χ0n) is 16.2. The van der Waals surface area contributed by atoms with Crippen molar-refractivity contribution in [3.8, 4) is 0 Å². The number of hydrogen-bond donors (Lipinski definition) is 1. The maximum atomic E-state index is 10.0. The first-order chi connectivity index (χ1) is 11.4. The molecule has 5 atom stereocenters. The zero-order chi connectivity index (χ0) is 17.5. The van der Waals surface area contributed by atoms with Crippen LogP contribution in [0.15, 0.2) is 34.9 Å². The maximum absolute atomic E-state index is 10.0. The van der Waals surface area contributed by atoms with Gasteiger partial charge in [0.05, 0.1) is 6.61 Å². The molecule has 0 aromatic heterocycles. The Kier molecular flexibility index (Phi) is 5.12. The number of fused-ring (bicyclic) bond motifs is 3. The Labute approximate surface area is 148 Å². The van der Waals surface area contributed by atoms with Gasteiger partial charge in [0, 0.05) is 0 Å². The Bertz CT molecular complexity index is 567. The summed E-state index contributed by atoms with van der Waals surface area (Å²) in [6.45, 7) is 14.1. The molecule has 3 aliphatic rings. The molecule has 5 unspecified atom stereocenters. The van der Waals surface area contributed by atoms with Gasteiger partial charge in [-0.25, -0.2) is 0 Å². The maximum Gasteiger partial charge on any atom is 0.0647 e. The first kappa shape index (κ1) is 18.0. The predicted octanol–water partition coefficient (Wildman–Crippen LogP) is 6.06. The molecule has 1 N–H and O–H groups in total. The largest absolute Gasteiger partial charge is 0.392 e. The summed E-state index contributed by atoms with van der Waals surface area (Å²) >= 11 is 0. The molecule has 2 saturated carbocycles. The average Bonchev–Trinajstić information content (AvgIpc) is 2.85. The molecule has 0 saturated heterocycles. The topological polar surface area (TPSA) is 20.2 Å². The van der Waals surface area contributed by atoms with Gasteiger partial charge in [0.2, 0.25) is 0 Å². The molecule has 0 bridgehead atoms. The number of aliphatic hydroxyl groups is 1. The fourth-order valence-electron chi connectivity index (χ4n) is 6.07. The Morgan fingerprint density at radius 2 is 1.92 bits per heavy atom. The van der Waals surface area contributed by atoms with Crippen LogP contribution < -0.4 is 0 Å². The first-order valence-corrected chi connectivity index (χ1v) is 10.0. The molecule has 0 spiro atoms. The van der Waals surface area contributed by atoms with Crippen molar-refractivity contribution < 1.29 is 5.11 Å². The minimum absolute atomic E-state index is 0.220. The minimum atomic E-state index is 0.220. The summed E-state index contributed by atoms with van der Waals surface area (Å²) in [7, 11) is 0. The Morgan fingerprint density at radius 1 is 1.17 bits per heavy atom. The quantitative estimate of drug-likeness (QED) is 0.580. The Balaban J connectivity index is 2.00. The summed E-state index contributed by atoms with van der Waals surface area (Å²) in [5, 5.41) is 10.0. The van der Waals surface area contributed by atoms with E-state index >= 15 is 0 Å². The van der Waals surface area contributed by atoms with Gasteiger partial charge in [0.1, 0.15) is 0 Å². The second kappa shape index (κ2) is 6.83. The van der Waals surface area contributed by atoms with Crippen LogP contribution in [0.25, 0.3) is 0 Å². The molecular formula is C23H36O. The van der Waals surface area contributed by atoms with Gasteiger partial charge >= 0.3 is 0 Å². The van der Waals surface area contributed by atoms with Crippen LogP contribution in [-0.4, -0.2) is 11.7 Å². The van der Waals surface area contributed by atoms with E-state index in [0.717, 1.165) is 30.1 Å². The normalized spacial score (nSPS) is 46.0. The minimum Gasteiger partial charge on any atom is -0.392 e. The van der Waals surface area contributed by atoms with Crippen molar-refractivity contribution in [1.82, 2.24) is 0 Å². The number of rotatable bonds is 1. The van der Waals surface area contributed by atoms with Crippen LogP contribution in [0.3, 0.4) is 0 Å². The predicted molar refractivity (Wildman–Crippen MR) is 103 cm³/mol. The summed E-state index contributed by atoms with van der Waals surface area (Å²) in [4.78, 5) is 0. The van der Waals surface area contributed by atoms with Crippen molar-refractivity contribution >= 4 is 0 Å². The van der Waals surface area contributed by atoms with Crippen molar-refractivity contribution in [1.29, 1.82) is 0 Å². The van der Waals surface area contributed by atoms with Crippen LogP contribution in [0.5, 0.6) is 0 Å². The van der Waals surface area contributed by atoms with Crippen LogP contribution in [0, 0.1) is 29.1 Å². The fourth-order valence-corrected chi connectivity index (χ4v) is 6.07. The Morgan fingerprint density at radius 3 is 2.62 bits per heavy atom. The molecule has 1 nitrogen and oxygen atoms in total. The molecule has 2 fully saturated rings. The van der Waals surface area contributed by atoms with E-state index in [4.69, 9.17) is 0 Å². The summed E-state index contributed by atoms with van der Waals surface area (Å²) in [6, 6.07) is 0. The van der Waals surface area contributed by atoms with E-state index < -0.39 is 0 Å². The van der Waals surface area contributed by atoms with Gasteiger partial charge in [-0.05, 0) is 99.0 Å². The molecule has 134 valence electrons. The van der Waals surface area contributed by atoms with Crippen molar-refractivity contribution in [3.63, 3.8) is 0 Å². The highest BCUT2D eigenvalue weighted by atomic mass is 16.3. The van der Waals surface area contributed by atoms with Gasteiger partial charge in [-0.2, -0.15) is 0 Å². The number of allylic oxidation sites excluding steroid dienone is 4. The second-order valence-electron chi connectivity index (χ2n) is 9.19. The summed E-state index contributed by atoms with van der Waals surface area (Å²) in [5.74, 6) is 3.09. The molecule has 0 aromatic carbocycles. The Hall–Kier alpha value is -0.820. The van der Waals surface area contributed by atoms with Gasteiger partial charge < -0.3 is 5.11 Å². The van der Waals surface area contributed by atoms with Crippen LogP contribution in [-0.2, 0) is 0 Å². The highest BCUT2D eigenvalue weighted by Crippen LogP contribution is 2.60. The highest BCUT2D eigenvalue weighted by molar-refractivity contribution is 5.29. The standard InChI is InChI=1S/C23H36O/c1-15-6-7-16(2)20-10-11-23(5)18(4)8-9-22(23)21(20)13-19(14-24)17(3)12-15/h12,16,20-22,24H,4,6-11,13-14H2,1-3,5H3/b15-12-,19-17-. The molecule has 24 heavy (non-hydrogen) atoms. The SMILES string of the molecule is C=C1CCC2C3C/C(CO)=C(C)/C=C(/C)CCC(C)C3CCC12C. The average molecular weight is 329 g/mol. The van der Waals surface area contributed by atoms with Crippen LogP contribution in [0.4, 0.5) is 0 Å². The van der Waals surface area contributed by atoms with Crippen LogP contribution in [0.2, 0.25) is 0 Å². The first-order valence-electron chi connectivity index (χ1n) is 10.0. The molecule has 0 aromatic rings. The van der Waals surface area contributed by atoms with E-state index in [-0.39, 0.29) is 6.61 Å². The third kappa shape index (κ3) is 3.05. The molecule has 0 heterocycles. The molecule has 3 aliphatic carbocycles. The van der Waals surface area contributed by atoms with Gasteiger partial charge in [-0.3, -0.25) is 0 Å². The van der Waals surface area contributed by atoms with Gasteiger partial charge in [-0.1, -0.05) is 37.6 Å². The summed E-state index contributed by atoms with van der Waals surface area (Å²) in [5.41, 5.74) is 5.91. The lowest BCUT2D eigenvalue weighted by molar-refractivity contribution is 0.0296. The monoisotopic (exact) mass is 328 g/mol. The molecule has 3 rings (SSSR count). The zero-order valence-corrected chi connectivity index (χ0v) is 16.2. The lowest BCUT2D eigenvalue weighted by Crippen LogP contribution is -2.41. The lowest BCUT2D eigenvalue weighted by atomic mass is 9.55. The van der Waals surface area contributed by atoms with Gasteiger partial charge in [0.25, 0.3) is 0 Å². The van der Waals surface area contributed by atoms with E-state index in [1.54, 1.807) is 0 Å². The third-order valence-corrected chi connectivity index (χ3v) is 7.87. The van der Waals surface area contributed by atoms with Crippen molar-refractivity contribution in [2.24, 2.45) is 29.1 Å². The van der Waals surface area contributed by atoms with Crippen molar-refractivity contribution in [3.05, 3.63) is 34.9 Å². The third-order valence-electron chi connectivity index (χ3n) is 7.87. The smallest absolute Gasteiger partial charge is 0.0647 e. The molecule has 0 amide bonds. The summed E-state index contributed by atoms with van der Waals surface area (Å²) in [6.07, 6.45) is 11.1. The second-order valence-corrected chi connectivity index (χ2v) is 9.19. The van der Waals surface area contributed by atoms with Gasteiger partial charge in [-0.15, -0.1) is 0 Å². The highest BCUT2D eigenvalue weighted by Gasteiger charge is 2.51. The molecular weight excluding hydrogens is 292 g/mol. The van der Waals surface area contributed by atoms with E-state index in [1.165, 1.54) is 60.8 Å². The van der Waals surface area contributed by atoms with Crippen molar-refractivity contribution in [2.45, 2.75) is 72.6 Å².